The van der Waals surface area contributed by atoms with Crippen LogP contribution in [-0.2, 0) is 36.2 Å². The number of hydrogen-bond donors (Lipinski definition) is 0. The van der Waals surface area contributed by atoms with Gasteiger partial charge in [0, 0.05) is 29.2 Å². The zero-order valence-electron chi connectivity index (χ0n) is 20.6. The summed E-state index contributed by atoms with van der Waals surface area (Å²) < 4.78 is 25.9. The third-order valence-corrected chi connectivity index (χ3v) is 6.52. The fourth-order valence-corrected chi connectivity index (χ4v) is 4.16. The zero-order valence-corrected chi connectivity index (χ0v) is 22.8. The molecule has 0 spiro atoms. The number of imidazole rings is 1. The number of methoxy groups -OCH3 is 1. The average Bonchev–Trinajstić information content (AvgIpc) is 3.21. The second-order valence-corrected chi connectivity index (χ2v) is 9.47. The van der Waals surface area contributed by atoms with Crippen LogP contribution in [0.2, 0.25) is 0 Å². The minimum Gasteiger partial charge on any atom is -0.497 e. The summed E-state index contributed by atoms with van der Waals surface area (Å²) in [6, 6.07) is 19.7. The van der Waals surface area contributed by atoms with Gasteiger partial charge in [-0.3, -0.25) is 4.79 Å². The molecule has 36 heavy (non-hydrogen) atoms. The van der Waals surface area contributed by atoms with E-state index in [1.165, 1.54) is 3.57 Å². The standard InChI is InChI=1S/C28H29IN2O5/c1-4-34-28(32)14-8-20-7-11-23(16-26(20)36-17-19-5-9-21(29)10-6-19)35-18-27-30-24-13-12-22(33-3)15-25(24)31(27)2/h5-7,9-13,15-16H,4,8,14,17-18H2,1-3H3. The number of carbonyl (C=O) groups excluding carboxylic acids is 1. The first kappa shape index (κ1) is 25.8. The van der Waals surface area contributed by atoms with Crippen molar-refractivity contribution in [2.45, 2.75) is 33.0 Å². The van der Waals surface area contributed by atoms with Gasteiger partial charge in [-0.2, -0.15) is 0 Å². The van der Waals surface area contributed by atoms with Crippen molar-refractivity contribution in [3.8, 4) is 17.2 Å². The van der Waals surface area contributed by atoms with Crippen molar-refractivity contribution in [3.63, 3.8) is 0 Å². The Labute approximate surface area is 224 Å². The number of aromatic nitrogens is 2. The van der Waals surface area contributed by atoms with Crippen LogP contribution >= 0.6 is 22.6 Å². The topological polar surface area (TPSA) is 71.8 Å². The molecule has 1 heterocycles. The van der Waals surface area contributed by atoms with Gasteiger partial charge >= 0.3 is 5.97 Å². The van der Waals surface area contributed by atoms with Crippen LogP contribution in [0.1, 0.15) is 30.3 Å². The number of fused-ring (bicyclic) bond motifs is 1. The van der Waals surface area contributed by atoms with E-state index in [2.05, 4.69) is 22.6 Å². The molecule has 0 saturated carbocycles. The van der Waals surface area contributed by atoms with E-state index in [-0.39, 0.29) is 12.4 Å². The molecule has 0 atom stereocenters. The van der Waals surface area contributed by atoms with Gasteiger partial charge in [0.2, 0.25) is 0 Å². The Kier molecular flexibility index (Phi) is 8.69. The molecule has 4 aromatic rings. The van der Waals surface area contributed by atoms with Crippen molar-refractivity contribution in [2.24, 2.45) is 7.05 Å². The largest absolute Gasteiger partial charge is 0.497 e. The molecule has 0 aliphatic carbocycles. The van der Waals surface area contributed by atoms with E-state index >= 15 is 0 Å². The Morgan fingerprint density at radius 3 is 2.50 bits per heavy atom. The van der Waals surface area contributed by atoms with Crippen LogP contribution in [0.25, 0.3) is 11.0 Å². The smallest absolute Gasteiger partial charge is 0.306 e. The van der Waals surface area contributed by atoms with E-state index in [1.807, 2.05) is 72.3 Å². The van der Waals surface area contributed by atoms with Gasteiger partial charge in [0.1, 0.15) is 36.3 Å². The van der Waals surface area contributed by atoms with Gasteiger partial charge in [0.05, 0.1) is 24.8 Å². The summed E-state index contributed by atoms with van der Waals surface area (Å²) in [6.45, 7) is 2.89. The number of carbonyl (C=O) groups is 1. The quantitative estimate of drug-likeness (QED) is 0.159. The molecule has 0 saturated heterocycles. The minimum absolute atomic E-state index is 0.222. The summed E-state index contributed by atoms with van der Waals surface area (Å²) in [6.07, 6.45) is 0.810. The SMILES string of the molecule is CCOC(=O)CCc1ccc(OCc2nc3ccc(OC)cc3n2C)cc1OCc1ccc(I)cc1. The second kappa shape index (κ2) is 12.1. The van der Waals surface area contributed by atoms with Gasteiger partial charge in [-0.25, -0.2) is 4.98 Å². The van der Waals surface area contributed by atoms with Gasteiger partial charge in [-0.05, 0) is 77.4 Å². The molecule has 7 nitrogen and oxygen atoms in total. The summed E-state index contributed by atoms with van der Waals surface area (Å²) in [5.41, 5.74) is 3.85. The highest BCUT2D eigenvalue weighted by molar-refractivity contribution is 14.1. The molecule has 3 aromatic carbocycles. The number of benzene rings is 3. The van der Waals surface area contributed by atoms with E-state index in [1.54, 1.807) is 14.0 Å². The summed E-state index contributed by atoms with van der Waals surface area (Å²) >= 11 is 2.28. The highest BCUT2D eigenvalue weighted by atomic mass is 127. The number of ether oxygens (including phenoxy) is 4. The molecule has 0 bridgehead atoms. The lowest BCUT2D eigenvalue weighted by Crippen LogP contribution is -2.07. The minimum atomic E-state index is -0.222. The summed E-state index contributed by atoms with van der Waals surface area (Å²) in [4.78, 5) is 16.6. The number of rotatable bonds is 11. The lowest BCUT2D eigenvalue weighted by atomic mass is 10.1. The predicted molar refractivity (Wildman–Crippen MR) is 146 cm³/mol. The summed E-state index contributed by atoms with van der Waals surface area (Å²) in [5.74, 6) is 2.71. The van der Waals surface area contributed by atoms with Gasteiger partial charge in [-0.15, -0.1) is 0 Å². The Morgan fingerprint density at radius 1 is 0.972 bits per heavy atom. The first-order chi connectivity index (χ1) is 17.5. The van der Waals surface area contributed by atoms with Gasteiger partial charge in [0.25, 0.3) is 0 Å². The molecule has 188 valence electrons. The second-order valence-electron chi connectivity index (χ2n) is 8.22. The number of hydrogen-bond acceptors (Lipinski definition) is 6. The van der Waals surface area contributed by atoms with Crippen molar-refractivity contribution in [1.82, 2.24) is 9.55 Å². The average molecular weight is 600 g/mol. The lowest BCUT2D eigenvalue weighted by molar-refractivity contribution is -0.143. The molecule has 0 amide bonds. The molecule has 0 N–H and O–H groups in total. The van der Waals surface area contributed by atoms with Crippen LogP contribution in [0, 0.1) is 3.57 Å². The molecule has 0 fully saturated rings. The molecular weight excluding hydrogens is 571 g/mol. The first-order valence-electron chi connectivity index (χ1n) is 11.7. The van der Waals surface area contributed by atoms with Crippen LogP contribution in [-0.4, -0.2) is 29.2 Å². The van der Waals surface area contributed by atoms with E-state index in [4.69, 9.17) is 23.9 Å². The van der Waals surface area contributed by atoms with Gasteiger partial charge in [0.15, 0.2) is 0 Å². The number of esters is 1. The maximum Gasteiger partial charge on any atom is 0.306 e. The lowest BCUT2D eigenvalue weighted by Gasteiger charge is -2.14. The van der Waals surface area contributed by atoms with Crippen LogP contribution in [0.5, 0.6) is 17.2 Å². The number of aryl methyl sites for hydroxylation is 2. The fourth-order valence-electron chi connectivity index (χ4n) is 3.80. The van der Waals surface area contributed by atoms with E-state index in [9.17, 15) is 4.79 Å². The molecule has 0 aliphatic rings. The van der Waals surface area contributed by atoms with Crippen molar-refractivity contribution >= 4 is 39.6 Å². The summed E-state index contributed by atoms with van der Waals surface area (Å²) in [7, 11) is 3.61. The van der Waals surface area contributed by atoms with E-state index in [0.717, 1.165) is 33.7 Å². The Bertz CT molecular complexity index is 1330. The molecule has 4 rings (SSSR count). The van der Waals surface area contributed by atoms with Crippen LogP contribution in [0.4, 0.5) is 0 Å². The van der Waals surface area contributed by atoms with Crippen molar-refractivity contribution in [3.05, 3.63) is 81.2 Å². The molecule has 0 radical (unpaired) electrons. The third-order valence-electron chi connectivity index (χ3n) is 5.80. The zero-order chi connectivity index (χ0) is 25.5. The van der Waals surface area contributed by atoms with E-state index < -0.39 is 0 Å². The maximum absolute atomic E-state index is 11.9. The molecule has 8 heteroatoms. The van der Waals surface area contributed by atoms with Gasteiger partial charge in [-0.1, -0.05) is 18.2 Å². The third kappa shape index (κ3) is 6.48. The monoisotopic (exact) mass is 600 g/mol. The van der Waals surface area contributed by atoms with Crippen LogP contribution in [0.3, 0.4) is 0 Å². The van der Waals surface area contributed by atoms with E-state index in [0.29, 0.717) is 37.7 Å². The van der Waals surface area contributed by atoms with Crippen molar-refractivity contribution in [1.29, 1.82) is 0 Å². The Morgan fingerprint density at radius 2 is 1.75 bits per heavy atom. The van der Waals surface area contributed by atoms with Crippen LogP contribution in [0.15, 0.2) is 60.7 Å². The van der Waals surface area contributed by atoms with Crippen LogP contribution < -0.4 is 14.2 Å². The highest BCUT2D eigenvalue weighted by Gasteiger charge is 2.13. The highest BCUT2D eigenvalue weighted by Crippen LogP contribution is 2.28. The molecule has 0 aliphatic heterocycles. The molecular formula is C28H29IN2O5. The normalized spacial score (nSPS) is 10.9. The predicted octanol–water partition coefficient (Wildman–Crippen LogP) is 5.84. The summed E-state index contributed by atoms with van der Waals surface area (Å²) in [5, 5.41) is 0. The molecule has 1 aromatic heterocycles. The van der Waals surface area contributed by atoms with Crippen molar-refractivity contribution in [2.75, 3.05) is 13.7 Å². The maximum atomic E-state index is 11.9. The van der Waals surface area contributed by atoms with Crippen molar-refractivity contribution < 1.29 is 23.7 Å². The Hall–Kier alpha value is -3.27. The number of nitrogens with zero attached hydrogens (tertiary/aromatic N) is 2. The first-order valence-corrected chi connectivity index (χ1v) is 12.8. The fraction of sp³-hybridized carbons (Fsp3) is 0.286. The molecule has 0 unspecified atom stereocenters. The number of halogens is 1. The van der Waals surface area contributed by atoms with Gasteiger partial charge < -0.3 is 23.5 Å². The Balaban J connectivity index is 1.50.